The average Bonchev–Trinajstić information content (AvgIpc) is 2.61. The minimum atomic E-state index is 0.268. The summed E-state index contributed by atoms with van der Waals surface area (Å²) in [5, 5.41) is 4.61. The number of hydrogen-bond donors (Lipinski definition) is 1. The summed E-state index contributed by atoms with van der Waals surface area (Å²) in [7, 11) is 0. The highest BCUT2D eigenvalue weighted by molar-refractivity contribution is 7.11. The highest BCUT2D eigenvalue weighted by Gasteiger charge is 2.13. The summed E-state index contributed by atoms with van der Waals surface area (Å²) in [6.07, 6.45) is 1.81. The van der Waals surface area contributed by atoms with E-state index in [9.17, 15) is 0 Å². The van der Waals surface area contributed by atoms with E-state index in [1.165, 1.54) is 4.88 Å². The summed E-state index contributed by atoms with van der Waals surface area (Å²) < 4.78 is 0. The number of aryl methyl sites for hydroxylation is 3. The van der Waals surface area contributed by atoms with Gasteiger partial charge in [-0.25, -0.2) is 4.98 Å². The Morgan fingerprint density at radius 2 is 2.00 bits per heavy atom. The number of aromatic nitrogens is 2. The van der Waals surface area contributed by atoms with Crippen molar-refractivity contribution in [1.29, 1.82) is 0 Å². The minimum Gasteiger partial charge on any atom is -0.376 e. The van der Waals surface area contributed by atoms with Crippen LogP contribution in [0.1, 0.15) is 34.2 Å². The van der Waals surface area contributed by atoms with Gasteiger partial charge in [0.1, 0.15) is 0 Å². The van der Waals surface area contributed by atoms with Crippen LogP contribution in [0.2, 0.25) is 0 Å². The van der Waals surface area contributed by atoms with Crippen LogP contribution in [0.15, 0.2) is 18.3 Å². The van der Waals surface area contributed by atoms with Gasteiger partial charge >= 0.3 is 0 Å². The van der Waals surface area contributed by atoms with Crippen molar-refractivity contribution >= 4 is 17.0 Å². The molecule has 2 aromatic rings. The fraction of sp³-hybridized carbons (Fsp3) is 0.385. The molecule has 0 aromatic carbocycles. The Bertz CT molecular complexity index is 519. The quantitative estimate of drug-likeness (QED) is 0.900. The fourth-order valence-electron chi connectivity index (χ4n) is 1.88. The van der Waals surface area contributed by atoms with Gasteiger partial charge in [-0.05, 0) is 39.8 Å². The number of nitrogens with one attached hydrogen (secondary N) is 1. The molecule has 0 spiro atoms. The van der Waals surface area contributed by atoms with E-state index in [1.54, 1.807) is 11.3 Å². The summed E-state index contributed by atoms with van der Waals surface area (Å²) in [6, 6.07) is 4.28. The Hall–Kier alpha value is -1.42. The van der Waals surface area contributed by atoms with Crippen LogP contribution in [0.3, 0.4) is 0 Å². The number of anilines is 1. The normalized spacial score (nSPS) is 12.5. The van der Waals surface area contributed by atoms with Crippen LogP contribution in [0.25, 0.3) is 0 Å². The third-order valence-electron chi connectivity index (χ3n) is 2.71. The second kappa shape index (κ2) is 4.84. The summed E-state index contributed by atoms with van der Waals surface area (Å²) >= 11 is 1.75. The van der Waals surface area contributed by atoms with Crippen LogP contribution in [-0.2, 0) is 0 Å². The Morgan fingerprint density at radius 3 is 2.59 bits per heavy atom. The Balaban J connectivity index is 2.20. The molecule has 0 saturated heterocycles. The van der Waals surface area contributed by atoms with E-state index in [-0.39, 0.29) is 6.04 Å². The molecule has 0 aliphatic carbocycles. The first-order valence-electron chi connectivity index (χ1n) is 5.70. The molecule has 0 saturated carbocycles. The lowest BCUT2D eigenvalue weighted by molar-refractivity contribution is 0.884. The van der Waals surface area contributed by atoms with Crippen molar-refractivity contribution < 1.29 is 0 Å². The van der Waals surface area contributed by atoms with Crippen LogP contribution in [-0.4, -0.2) is 9.97 Å². The van der Waals surface area contributed by atoms with E-state index in [2.05, 4.69) is 35.2 Å². The van der Waals surface area contributed by atoms with E-state index in [0.717, 1.165) is 22.1 Å². The second-order valence-electron chi connectivity index (χ2n) is 4.18. The van der Waals surface area contributed by atoms with E-state index >= 15 is 0 Å². The van der Waals surface area contributed by atoms with Gasteiger partial charge in [-0.15, -0.1) is 11.3 Å². The molecule has 0 aliphatic rings. The monoisotopic (exact) mass is 247 g/mol. The van der Waals surface area contributed by atoms with Crippen LogP contribution < -0.4 is 5.32 Å². The molecule has 3 nitrogen and oxygen atoms in total. The molecular weight excluding hydrogens is 230 g/mol. The first-order chi connectivity index (χ1) is 8.08. The third kappa shape index (κ3) is 2.64. The predicted octanol–water partition coefficient (Wildman–Crippen LogP) is 3.64. The zero-order valence-corrected chi connectivity index (χ0v) is 11.4. The zero-order valence-electron chi connectivity index (χ0n) is 10.6. The van der Waals surface area contributed by atoms with E-state index in [0.29, 0.717) is 0 Å². The Morgan fingerprint density at radius 1 is 1.24 bits per heavy atom. The van der Waals surface area contributed by atoms with Gasteiger partial charge in [-0.3, -0.25) is 4.98 Å². The summed E-state index contributed by atoms with van der Waals surface area (Å²) in [5.41, 5.74) is 3.23. The summed E-state index contributed by atoms with van der Waals surface area (Å²) in [4.78, 5) is 10.0. The van der Waals surface area contributed by atoms with Gasteiger partial charge in [0.15, 0.2) is 0 Å². The zero-order chi connectivity index (χ0) is 12.4. The first kappa shape index (κ1) is 12.0. The highest BCUT2D eigenvalue weighted by Crippen LogP contribution is 2.27. The fourth-order valence-corrected chi connectivity index (χ4v) is 2.81. The van der Waals surface area contributed by atoms with Gasteiger partial charge < -0.3 is 5.32 Å². The van der Waals surface area contributed by atoms with Crippen molar-refractivity contribution in [3.8, 4) is 0 Å². The van der Waals surface area contributed by atoms with Gasteiger partial charge in [0.2, 0.25) is 0 Å². The van der Waals surface area contributed by atoms with Crippen molar-refractivity contribution in [1.82, 2.24) is 9.97 Å². The number of thiazole rings is 1. The molecule has 0 amide bonds. The van der Waals surface area contributed by atoms with E-state index in [4.69, 9.17) is 0 Å². The van der Waals surface area contributed by atoms with Crippen molar-refractivity contribution in [3.63, 3.8) is 0 Å². The molecule has 0 bridgehead atoms. The van der Waals surface area contributed by atoms with Crippen LogP contribution in [0, 0.1) is 20.8 Å². The lowest BCUT2D eigenvalue weighted by atomic mass is 10.2. The SMILES string of the molecule is Cc1nc(C)c(C(C)Nc2cccnc2C)s1. The number of nitrogens with zero attached hydrogens (tertiary/aromatic N) is 2. The predicted molar refractivity (Wildman–Crippen MR) is 72.6 cm³/mol. The summed E-state index contributed by atoms with van der Waals surface area (Å²) in [6.45, 7) is 8.28. The molecule has 0 fully saturated rings. The largest absolute Gasteiger partial charge is 0.376 e. The lowest BCUT2D eigenvalue weighted by Crippen LogP contribution is -2.07. The first-order valence-corrected chi connectivity index (χ1v) is 6.51. The molecule has 1 atom stereocenters. The average molecular weight is 247 g/mol. The molecule has 4 heteroatoms. The highest BCUT2D eigenvalue weighted by atomic mass is 32.1. The smallest absolute Gasteiger partial charge is 0.0900 e. The van der Waals surface area contributed by atoms with Gasteiger partial charge in [0, 0.05) is 11.1 Å². The number of rotatable bonds is 3. The molecule has 2 heterocycles. The van der Waals surface area contributed by atoms with Crippen LogP contribution >= 0.6 is 11.3 Å². The van der Waals surface area contributed by atoms with E-state index in [1.807, 2.05) is 26.1 Å². The van der Waals surface area contributed by atoms with Crippen LogP contribution in [0.4, 0.5) is 5.69 Å². The molecule has 1 unspecified atom stereocenters. The summed E-state index contributed by atoms with van der Waals surface area (Å²) in [5.74, 6) is 0. The maximum atomic E-state index is 4.46. The van der Waals surface area contributed by atoms with Crippen molar-refractivity contribution in [3.05, 3.63) is 39.6 Å². The second-order valence-corrected chi connectivity index (χ2v) is 5.42. The molecule has 90 valence electrons. The maximum Gasteiger partial charge on any atom is 0.0900 e. The topological polar surface area (TPSA) is 37.8 Å². The van der Waals surface area contributed by atoms with Gasteiger partial charge in [-0.1, -0.05) is 0 Å². The minimum absolute atomic E-state index is 0.268. The van der Waals surface area contributed by atoms with Gasteiger partial charge in [-0.2, -0.15) is 0 Å². The molecule has 2 aromatic heterocycles. The Kier molecular flexibility index (Phi) is 3.43. The number of hydrogen-bond acceptors (Lipinski definition) is 4. The molecular formula is C13H17N3S. The third-order valence-corrected chi connectivity index (χ3v) is 3.97. The molecule has 0 aliphatic heterocycles. The molecule has 2 rings (SSSR count). The van der Waals surface area contributed by atoms with Gasteiger partial charge in [0.25, 0.3) is 0 Å². The van der Waals surface area contributed by atoms with E-state index < -0.39 is 0 Å². The standard InChI is InChI=1S/C13H17N3S/c1-8-12(6-5-7-14-8)16-10(3)13-9(2)15-11(4)17-13/h5-7,10,16H,1-4H3. The Labute approximate surface area is 106 Å². The number of pyridine rings is 1. The van der Waals surface area contributed by atoms with Crippen molar-refractivity contribution in [2.45, 2.75) is 33.7 Å². The maximum absolute atomic E-state index is 4.46. The van der Waals surface area contributed by atoms with Crippen molar-refractivity contribution in [2.24, 2.45) is 0 Å². The van der Waals surface area contributed by atoms with Crippen LogP contribution in [0.5, 0.6) is 0 Å². The lowest BCUT2D eigenvalue weighted by Gasteiger charge is -2.15. The molecule has 17 heavy (non-hydrogen) atoms. The molecule has 0 radical (unpaired) electrons. The van der Waals surface area contributed by atoms with Crippen molar-refractivity contribution in [2.75, 3.05) is 5.32 Å². The van der Waals surface area contributed by atoms with Gasteiger partial charge in [0.05, 0.1) is 28.1 Å². The molecule has 1 N–H and O–H groups in total.